The van der Waals surface area contributed by atoms with Gasteiger partial charge in [0.2, 0.25) is 0 Å². The van der Waals surface area contributed by atoms with Crippen molar-refractivity contribution in [2.45, 2.75) is 6.92 Å². The molecule has 2 aromatic carbocycles. The Morgan fingerprint density at radius 3 is 2.44 bits per heavy atom. The number of ether oxygens (including phenoxy) is 1. The van der Waals surface area contributed by atoms with E-state index in [1.165, 1.54) is 19.2 Å². The van der Waals surface area contributed by atoms with Crippen molar-refractivity contribution in [2.24, 2.45) is 0 Å². The molecule has 0 N–H and O–H groups in total. The van der Waals surface area contributed by atoms with Crippen LogP contribution in [0.25, 0.3) is 0 Å². The average Bonchev–Trinajstić information content (AvgIpc) is 2.37. The van der Waals surface area contributed by atoms with Crippen LogP contribution in [0.4, 0.5) is 4.39 Å². The third-order valence-corrected chi connectivity index (χ3v) is 2.69. The maximum Gasteiger partial charge on any atom is 0.193 e. The molecule has 0 aliphatic rings. The lowest BCUT2D eigenvalue weighted by molar-refractivity contribution is 0.103. The van der Waals surface area contributed by atoms with Crippen LogP contribution in [0, 0.1) is 12.7 Å². The normalized spacial score (nSPS) is 10.2. The molecular weight excluding hydrogens is 231 g/mol. The summed E-state index contributed by atoms with van der Waals surface area (Å²) in [7, 11) is 1.39. The highest BCUT2D eigenvalue weighted by atomic mass is 19.1. The molecule has 0 heterocycles. The quantitative estimate of drug-likeness (QED) is 0.774. The molecule has 0 amide bonds. The maximum absolute atomic E-state index is 13.5. The minimum absolute atomic E-state index is 0.135. The zero-order valence-corrected chi connectivity index (χ0v) is 10.2. The average molecular weight is 244 g/mol. The predicted octanol–water partition coefficient (Wildman–Crippen LogP) is 3.37. The van der Waals surface area contributed by atoms with Crippen LogP contribution in [-0.2, 0) is 0 Å². The molecule has 2 rings (SSSR count). The van der Waals surface area contributed by atoms with E-state index in [1.54, 1.807) is 18.2 Å². The van der Waals surface area contributed by atoms with Crippen molar-refractivity contribution in [1.82, 2.24) is 0 Å². The molecule has 18 heavy (non-hydrogen) atoms. The number of hydrogen-bond donors (Lipinski definition) is 0. The van der Waals surface area contributed by atoms with Gasteiger partial charge in [-0.1, -0.05) is 23.8 Å². The topological polar surface area (TPSA) is 26.3 Å². The smallest absolute Gasteiger partial charge is 0.193 e. The molecule has 0 spiro atoms. The van der Waals surface area contributed by atoms with Gasteiger partial charge < -0.3 is 4.74 Å². The SMILES string of the molecule is COc1ccc(C(=O)c2cccc(C)c2)cc1F. The molecular formula is C15H13FO2. The number of carbonyl (C=O) groups is 1. The Morgan fingerprint density at radius 2 is 1.83 bits per heavy atom. The zero-order chi connectivity index (χ0) is 13.1. The number of halogens is 1. The molecule has 3 heteroatoms. The lowest BCUT2D eigenvalue weighted by Crippen LogP contribution is -2.02. The first kappa shape index (κ1) is 12.3. The Morgan fingerprint density at radius 1 is 1.11 bits per heavy atom. The van der Waals surface area contributed by atoms with Gasteiger partial charge in [-0.05, 0) is 31.2 Å². The summed E-state index contributed by atoms with van der Waals surface area (Å²) in [4.78, 5) is 12.1. The minimum atomic E-state index is -0.531. The third kappa shape index (κ3) is 2.40. The van der Waals surface area contributed by atoms with E-state index in [4.69, 9.17) is 4.74 Å². The molecule has 0 bridgehead atoms. The van der Waals surface area contributed by atoms with Gasteiger partial charge in [0.05, 0.1) is 7.11 Å². The Bertz CT molecular complexity index is 591. The molecule has 0 aliphatic heterocycles. The van der Waals surface area contributed by atoms with E-state index in [2.05, 4.69) is 0 Å². The summed E-state index contributed by atoms with van der Waals surface area (Å²) in [6, 6.07) is 11.4. The minimum Gasteiger partial charge on any atom is -0.494 e. The van der Waals surface area contributed by atoms with Crippen molar-refractivity contribution in [3.8, 4) is 5.75 Å². The van der Waals surface area contributed by atoms with E-state index in [9.17, 15) is 9.18 Å². The summed E-state index contributed by atoms with van der Waals surface area (Å²) < 4.78 is 18.3. The Labute approximate surface area is 105 Å². The van der Waals surface area contributed by atoms with E-state index in [0.29, 0.717) is 11.1 Å². The van der Waals surface area contributed by atoms with Crippen molar-refractivity contribution in [1.29, 1.82) is 0 Å². The number of aryl methyl sites for hydroxylation is 1. The molecule has 0 atom stereocenters. The van der Waals surface area contributed by atoms with Gasteiger partial charge in [0.15, 0.2) is 17.3 Å². The summed E-state index contributed by atoms with van der Waals surface area (Å²) in [6.45, 7) is 1.91. The molecule has 0 saturated heterocycles. The Hall–Kier alpha value is -2.16. The van der Waals surface area contributed by atoms with E-state index in [1.807, 2.05) is 19.1 Å². The zero-order valence-electron chi connectivity index (χ0n) is 10.2. The molecule has 2 nitrogen and oxygen atoms in total. The highest BCUT2D eigenvalue weighted by Gasteiger charge is 2.12. The van der Waals surface area contributed by atoms with E-state index in [-0.39, 0.29) is 11.5 Å². The molecule has 0 saturated carbocycles. The number of ketones is 1. The van der Waals surface area contributed by atoms with Crippen molar-refractivity contribution in [3.05, 3.63) is 65.0 Å². The van der Waals surface area contributed by atoms with E-state index < -0.39 is 5.82 Å². The van der Waals surface area contributed by atoms with Crippen LogP contribution in [-0.4, -0.2) is 12.9 Å². The molecule has 0 fully saturated rings. The third-order valence-electron chi connectivity index (χ3n) is 2.69. The molecule has 0 aliphatic carbocycles. The van der Waals surface area contributed by atoms with E-state index in [0.717, 1.165) is 5.56 Å². The number of benzene rings is 2. The van der Waals surface area contributed by atoms with Gasteiger partial charge in [-0.2, -0.15) is 0 Å². The monoisotopic (exact) mass is 244 g/mol. The van der Waals surface area contributed by atoms with Gasteiger partial charge >= 0.3 is 0 Å². The summed E-state index contributed by atoms with van der Waals surface area (Å²) in [5, 5.41) is 0. The fraction of sp³-hybridized carbons (Fsp3) is 0.133. The van der Waals surface area contributed by atoms with Gasteiger partial charge in [-0.15, -0.1) is 0 Å². The van der Waals surface area contributed by atoms with Gasteiger partial charge in [-0.25, -0.2) is 4.39 Å². The molecule has 92 valence electrons. The molecule has 2 aromatic rings. The molecule has 0 aromatic heterocycles. The fourth-order valence-electron chi connectivity index (χ4n) is 1.76. The first-order valence-electron chi connectivity index (χ1n) is 5.56. The van der Waals surface area contributed by atoms with Gasteiger partial charge in [0, 0.05) is 11.1 Å². The second-order valence-electron chi connectivity index (χ2n) is 4.05. The molecule has 0 unspecified atom stereocenters. The van der Waals surface area contributed by atoms with Crippen LogP contribution >= 0.6 is 0 Å². The van der Waals surface area contributed by atoms with Crippen molar-refractivity contribution >= 4 is 5.78 Å². The largest absolute Gasteiger partial charge is 0.494 e. The Kier molecular flexibility index (Phi) is 3.42. The summed E-state index contributed by atoms with van der Waals surface area (Å²) in [5.74, 6) is -0.591. The first-order valence-corrected chi connectivity index (χ1v) is 5.56. The standard InChI is InChI=1S/C15H13FO2/c1-10-4-3-5-11(8-10)15(17)12-6-7-14(18-2)13(16)9-12/h3-9H,1-2H3. The number of rotatable bonds is 3. The highest BCUT2D eigenvalue weighted by molar-refractivity contribution is 6.09. The summed E-state index contributed by atoms with van der Waals surface area (Å²) >= 11 is 0. The number of methoxy groups -OCH3 is 1. The summed E-state index contributed by atoms with van der Waals surface area (Å²) in [5.41, 5.74) is 1.87. The van der Waals surface area contributed by atoms with Gasteiger partial charge in [0.1, 0.15) is 0 Å². The van der Waals surface area contributed by atoms with Crippen molar-refractivity contribution < 1.29 is 13.9 Å². The summed E-state index contributed by atoms with van der Waals surface area (Å²) in [6.07, 6.45) is 0. The van der Waals surface area contributed by atoms with Crippen molar-refractivity contribution in [2.75, 3.05) is 7.11 Å². The van der Waals surface area contributed by atoms with Crippen LogP contribution in [0.3, 0.4) is 0 Å². The lowest BCUT2D eigenvalue weighted by Gasteiger charge is -2.05. The van der Waals surface area contributed by atoms with Crippen LogP contribution in [0.1, 0.15) is 21.5 Å². The predicted molar refractivity (Wildman–Crippen MR) is 67.6 cm³/mol. The van der Waals surface area contributed by atoms with Crippen LogP contribution in [0.2, 0.25) is 0 Å². The van der Waals surface area contributed by atoms with Crippen molar-refractivity contribution in [3.63, 3.8) is 0 Å². The Balaban J connectivity index is 2.37. The second-order valence-corrected chi connectivity index (χ2v) is 4.05. The van der Waals surface area contributed by atoms with Crippen LogP contribution in [0.5, 0.6) is 5.75 Å². The van der Waals surface area contributed by atoms with Crippen LogP contribution < -0.4 is 4.74 Å². The second kappa shape index (κ2) is 5.00. The van der Waals surface area contributed by atoms with Gasteiger partial charge in [0.25, 0.3) is 0 Å². The van der Waals surface area contributed by atoms with Gasteiger partial charge in [-0.3, -0.25) is 4.79 Å². The van der Waals surface area contributed by atoms with Crippen LogP contribution in [0.15, 0.2) is 42.5 Å². The van der Waals surface area contributed by atoms with E-state index >= 15 is 0 Å². The maximum atomic E-state index is 13.5. The first-order chi connectivity index (χ1) is 8.61. The fourth-order valence-corrected chi connectivity index (χ4v) is 1.76. The number of carbonyl (C=O) groups excluding carboxylic acids is 1. The number of hydrogen-bond acceptors (Lipinski definition) is 2. The highest BCUT2D eigenvalue weighted by Crippen LogP contribution is 2.20. The molecule has 0 radical (unpaired) electrons. The lowest BCUT2D eigenvalue weighted by atomic mass is 10.0.